The molecule has 1 amide bonds. The maximum Gasteiger partial charge on any atom is 0.408 e. The fourth-order valence-electron chi connectivity index (χ4n) is 3.04. The molecular formula is C28H30FNO4. The maximum atomic E-state index is 12.4. The van der Waals surface area contributed by atoms with Crippen LogP contribution in [0.3, 0.4) is 0 Å². The number of alkyl halides is 1. The third kappa shape index (κ3) is 10.7. The highest BCUT2D eigenvalue weighted by Gasteiger charge is 2.22. The molecule has 0 aromatic heterocycles. The molecule has 3 rings (SSSR count). The number of hydrogen-bond acceptors (Lipinski definition) is 4. The fraction of sp³-hybridized carbons (Fsp3) is 0.250. The van der Waals surface area contributed by atoms with Crippen LogP contribution in [-0.4, -0.2) is 30.4 Å². The van der Waals surface area contributed by atoms with Crippen molar-refractivity contribution in [3.05, 3.63) is 108 Å². The second kappa shape index (κ2) is 15.1. The Hall–Kier alpha value is -3.80. The van der Waals surface area contributed by atoms with Crippen molar-refractivity contribution in [1.29, 1.82) is 0 Å². The van der Waals surface area contributed by atoms with Crippen molar-refractivity contribution in [3.63, 3.8) is 0 Å². The van der Waals surface area contributed by atoms with E-state index >= 15 is 0 Å². The Bertz CT molecular complexity index is 1010. The monoisotopic (exact) mass is 463 g/mol. The molecule has 0 radical (unpaired) electrons. The van der Waals surface area contributed by atoms with Crippen LogP contribution in [0.25, 0.3) is 0 Å². The first-order valence-corrected chi connectivity index (χ1v) is 11.1. The summed E-state index contributed by atoms with van der Waals surface area (Å²) >= 11 is 0. The molecule has 0 saturated heterocycles. The van der Waals surface area contributed by atoms with Crippen molar-refractivity contribution in [2.45, 2.75) is 38.8 Å². The number of alkyl carbamates (subject to hydrolysis) is 1. The summed E-state index contributed by atoms with van der Waals surface area (Å²) in [5, 5.41) is 2.56. The van der Waals surface area contributed by atoms with Crippen molar-refractivity contribution in [2.75, 3.05) is 6.67 Å². The van der Waals surface area contributed by atoms with E-state index in [-0.39, 0.29) is 31.7 Å². The van der Waals surface area contributed by atoms with Crippen LogP contribution < -0.4 is 5.32 Å². The number of ketones is 2. The molecule has 0 saturated carbocycles. The molecule has 5 nitrogen and oxygen atoms in total. The molecule has 0 spiro atoms. The minimum Gasteiger partial charge on any atom is -0.445 e. The quantitative estimate of drug-likeness (QED) is 0.437. The summed E-state index contributed by atoms with van der Waals surface area (Å²) < 4.78 is 17.5. The van der Waals surface area contributed by atoms with E-state index in [0.29, 0.717) is 0 Å². The van der Waals surface area contributed by atoms with E-state index in [4.69, 9.17) is 4.74 Å². The molecule has 0 aliphatic rings. The molecule has 0 fully saturated rings. The van der Waals surface area contributed by atoms with E-state index in [9.17, 15) is 18.8 Å². The Labute approximate surface area is 200 Å². The number of aryl methyl sites for hydroxylation is 1. The maximum absolute atomic E-state index is 12.4. The summed E-state index contributed by atoms with van der Waals surface area (Å²) in [7, 11) is 0. The van der Waals surface area contributed by atoms with Crippen LogP contribution in [-0.2, 0) is 27.4 Å². The largest absolute Gasteiger partial charge is 0.445 e. The number of ether oxygens (including phenoxy) is 1. The predicted octanol–water partition coefficient (Wildman–Crippen LogP) is 5.41. The van der Waals surface area contributed by atoms with Gasteiger partial charge in [0.05, 0.1) is 6.04 Å². The van der Waals surface area contributed by atoms with Gasteiger partial charge in [0.15, 0.2) is 11.6 Å². The average Bonchev–Trinajstić information content (AvgIpc) is 2.87. The lowest BCUT2D eigenvalue weighted by Crippen LogP contribution is -2.42. The van der Waals surface area contributed by atoms with E-state index in [2.05, 4.69) is 24.4 Å². The fourth-order valence-corrected chi connectivity index (χ4v) is 3.04. The minimum atomic E-state index is -1.09. The van der Waals surface area contributed by atoms with Gasteiger partial charge in [-0.25, -0.2) is 9.18 Å². The summed E-state index contributed by atoms with van der Waals surface area (Å²) in [6.07, 6.45) is -0.755. The summed E-state index contributed by atoms with van der Waals surface area (Å²) in [5.74, 6) is -0.967. The number of nitrogens with one attached hydrogen (secondary N) is 1. The molecule has 0 bridgehead atoms. The zero-order chi connectivity index (χ0) is 24.6. The zero-order valence-corrected chi connectivity index (χ0v) is 19.3. The van der Waals surface area contributed by atoms with Crippen LogP contribution in [0.1, 0.15) is 29.5 Å². The van der Waals surface area contributed by atoms with Gasteiger partial charge >= 0.3 is 6.09 Å². The number of carbonyl (C=O) groups is 3. The van der Waals surface area contributed by atoms with Crippen molar-refractivity contribution in [2.24, 2.45) is 0 Å². The van der Waals surface area contributed by atoms with Crippen LogP contribution in [0.2, 0.25) is 0 Å². The average molecular weight is 464 g/mol. The highest BCUT2D eigenvalue weighted by Crippen LogP contribution is 2.08. The van der Waals surface area contributed by atoms with Gasteiger partial charge in [-0.2, -0.15) is 0 Å². The van der Waals surface area contributed by atoms with Gasteiger partial charge in [-0.3, -0.25) is 9.59 Å². The van der Waals surface area contributed by atoms with Crippen molar-refractivity contribution >= 4 is 17.7 Å². The number of halogens is 1. The molecule has 3 aromatic carbocycles. The summed E-state index contributed by atoms with van der Waals surface area (Å²) in [5.41, 5.74) is 3.01. The topological polar surface area (TPSA) is 72.5 Å². The molecule has 0 heterocycles. The number of hydrogen-bond donors (Lipinski definition) is 1. The summed E-state index contributed by atoms with van der Waals surface area (Å²) in [6.45, 7) is 1.07. The third-order valence-electron chi connectivity index (χ3n) is 4.92. The van der Waals surface area contributed by atoms with Crippen LogP contribution in [0.4, 0.5) is 9.18 Å². The number of benzene rings is 3. The molecule has 0 aliphatic heterocycles. The van der Waals surface area contributed by atoms with E-state index in [0.717, 1.165) is 11.1 Å². The van der Waals surface area contributed by atoms with Crippen LogP contribution in [0.5, 0.6) is 0 Å². The van der Waals surface area contributed by atoms with Crippen LogP contribution in [0.15, 0.2) is 91.0 Å². The van der Waals surface area contributed by atoms with E-state index in [1.165, 1.54) is 5.56 Å². The van der Waals surface area contributed by atoms with Gasteiger partial charge in [-0.05, 0) is 24.5 Å². The molecule has 3 aromatic rings. The molecule has 0 unspecified atom stereocenters. The zero-order valence-electron chi connectivity index (χ0n) is 19.3. The highest BCUT2D eigenvalue weighted by molar-refractivity contribution is 5.91. The third-order valence-corrected chi connectivity index (χ3v) is 4.92. The normalized spacial score (nSPS) is 10.9. The van der Waals surface area contributed by atoms with Gasteiger partial charge in [0.1, 0.15) is 13.3 Å². The molecular weight excluding hydrogens is 433 g/mol. The Balaban J connectivity index is 0.000000497. The lowest BCUT2D eigenvalue weighted by molar-refractivity contribution is -0.125. The Morgan fingerprint density at radius 2 is 1.32 bits per heavy atom. The van der Waals surface area contributed by atoms with Crippen LogP contribution in [0, 0.1) is 6.92 Å². The summed E-state index contributed by atoms with van der Waals surface area (Å²) in [4.78, 5) is 35.7. The van der Waals surface area contributed by atoms with E-state index in [1.54, 1.807) is 0 Å². The number of Topliss-reactive ketones (excluding diaryl/α,β-unsaturated/α-hetero) is 2. The predicted molar refractivity (Wildman–Crippen MR) is 130 cm³/mol. The number of rotatable bonds is 10. The molecule has 178 valence electrons. The molecule has 1 atom stereocenters. The van der Waals surface area contributed by atoms with Gasteiger partial charge in [-0.15, -0.1) is 0 Å². The molecule has 1 N–H and O–H groups in total. The Morgan fingerprint density at radius 3 is 1.82 bits per heavy atom. The van der Waals surface area contributed by atoms with Crippen molar-refractivity contribution < 1.29 is 23.5 Å². The second-order valence-corrected chi connectivity index (χ2v) is 7.74. The lowest BCUT2D eigenvalue weighted by atomic mass is 9.99. The van der Waals surface area contributed by atoms with Gasteiger partial charge in [0.2, 0.25) is 0 Å². The van der Waals surface area contributed by atoms with Crippen molar-refractivity contribution in [1.82, 2.24) is 5.32 Å². The smallest absolute Gasteiger partial charge is 0.408 e. The van der Waals surface area contributed by atoms with Crippen molar-refractivity contribution in [3.8, 4) is 0 Å². The van der Waals surface area contributed by atoms with Gasteiger partial charge in [0, 0.05) is 12.8 Å². The summed E-state index contributed by atoms with van der Waals surface area (Å²) in [6, 6.07) is 27.8. The van der Waals surface area contributed by atoms with E-state index < -0.39 is 24.6 Å². The first kappa shape index (κ1) is 26.5. The van der Waals surface area contributed by atoms with Gasteiger partial charge in [-0.1, -0.05) is 96.6 Å². The standard InChI is InChI=1S/C21H22FNO4.C7H8/c22-14-18(24)11-12-20(25)19(13-16-7-3-1-4-8-16)23-21(26)27-15-17-9-5-2-6-10-17;1-7-5-3-2-4-6-7/h1-10,19H,11-15H2,(H,23,26);2-6H,1H3/t19-;/m0./s1. The van der Waals surface area contributed by atoms with Gasteiger partial charge < -0.3 is 10.1 Å². The van der Waals surface area contributed by atoms with Crippen LogP contribution >= 0.6 is 0 Å². The van der Waals surface area contributed by atoms with Gasteiger partial charge in [0.25, 0.3) is 0 Å². The Morgan fingerprint density at radius 1 is 0.794 bits per heavy atom. The number of carbonyl (C=O) groups excluding carboxylic acids is 3. The number of amides is 1. The molecule has 6 heteroatoms. The van der Waals surface area contributed by atoms with E-state index in [1.807, 2.05) is 78.9 Å². The molecule has 34 heavy (non-hydrogen) atoms. The first-order chi connectivity index (χ1) is 16.5. The Kier molecular flexibility index (Phi) is 11.8. The molecule has 0 aliphatic carbocycles. The lowest BCUT2D eigenvalue weighted by Gasteiger charge is -2.18. The first-order valence-electron chi connectivity index (χ1n) is 11.1. The second-order valence-electron chi connectivity index (χ2n) is 7.74. The SMILES string of the molecule is Cc1ccccc1.O=C(CF)CCC(=O)[C@H](Cc1ccccc1)NC(=O)OCc1ccccc1. The highest BCUT2D eigenvalue weighted by atomic mass is 19.1. The minimum absolute atomic E-state index is 0.0826.